The standard InChI is InChI=1S/C27H39N3O3/c1-19(28-2)24(31)17-23(21-11-7-4-8-12-21)26(32)30-16-14-22-18-29(27(33)25(22)30)15-13-20-9-5-3-6-10-20/h3,5-6,9-10,19,21-23,25,28H,4,7-8,11-18H2,1-2H3/t19-,22-,23-,25-/m0/s1. The normalized spacial score (nSPS) is 25.2. The van der Waals surface area contributed by atoms with E-state index in [0.29, 0.717) is 13.1 Å². The van der Waals surface area contributed by atoms with E-state index in [2.05, 4.69) is 17.4 Å². The Labute approximate surface area is 198 Å². The molecule has 4 rings (SSSR count). The Balaban J connectivity index is 1.45. The van der Waals surface area contributed by atoms with Crippen molar-refractivity contribution in [2.75, 3.05) is 26.7 Å². The predicted molar refractivity (Wildman–Crippen MR) is 129 cm³/mol. The first kappa shape index (κ1) is 23.9. The van der Waals surface area contributed by atoms with Crippen LogP contribution < -0.4 is 5.32 Å². The topological polar surface area (TPSA) is 69.7 Å². The van der Waals surface area contributed by atoms with Crippen molar-refractivity contribution in [3.8, 4) is 0 Å². The average molecular weight is 454 g/mol. The number of hydrogen-bond acceptors (Lipinski definition) is 4. The van der Waals surface area contributed by atoms with Crippen LogP contribution in [-0.2, 0) is 20.8 Å². The number of amides is 2. The molecule has 2 saturated heterocycles. The number of rotatable bonds is 9. The van der Waals surface area contributed by atoms with Crippen LogP contribution in [0.5, 0.6) is 0 Å². The van der Waals surface area contributed by atoms with Gasteiger partial charge in [0.25, 0.3) is 0 Å². The van der Waals surface area contributed by atoms with Crippen LogP contribution >= 0.6 is 0 Å². The van der Waals surface area contributed by atoms with Gasteiger partial charge in [-0.2, -0.15) is 0 Å². The molecule has 0 unspecified atom stereocenters. The van der Waals surface area contributed by atoms with Crippen LogP contribution in [0.2, 0.25) is 0 Å². The second-order valence-corrected chi connectivity index (χ2v) is 10.2. The molecule has 3 aliphatic rings. The fourth-order valence-corrected chi connectivity index (χ4v) is 6.06. The highest BCUT2D eigenvalue weighted by atomic mass is 16.2. The minimum atomic E-state index is -0.337. The average Bonchev–Trinajstić information content (AvgIpc) is 3.41. The Hall–Kier alpha value is -2.21. The molecule has 1 aliphatic carbocycles. The Morgan fingerprint density at radius 2 is 1.82 bits per heavy atom. The van der Waals surface area contributed by atoms with Crippen LogP contribution in [-0.4, -0.2) is 66.2 Å². The van der Waals surface area contributed by atoms with Crippen molar-refractivity contribution in [3.05, 3.63) is 35.9 Å². The summed E-state index contributed by atoms with van der Waals surface area (Å²) in [6, 6.07) is 9.65. The summed E-state index contributed by atoms with van der Waals surface area (Å²) in [6.07, 6.45) is 7.48. The number of nitrogens with zero attached hydrogens (tertiary/aromatic N) is 2. The summed E-state index contributed by atoms with van der Waals surface area (Å²) in [7, 11) is 1.78. The van der Waals surface area contributed by atoms with Gasteiger partial charge in [0.2, 0.25) is 11.8 Å². The molecule has 3 fully saturated rings. The van der Waals surface area contributed by atoms with E-state index < -0.39 is 0 Å². The van der Waals surface area contributed by atoms with Crippen LogP contribution in [0.15, 0.2) is 30.3 Å². The van der Waals surface area contributed by atoms with Crippen molar-refractivity contribution in [1.82, 2.24) is 15.1 Å². The number of carbonyl (C=O) groups excluding carboxylic acids is 3. The molecule has 0 bridgehead atoms. The lowest BCUT2D eigenvalue weighted by atomic mass is 9.76. The minimum absolute atomic E-state index is 0.0457. The molecule has 1 N–H and O–H groups in total. The number of carbonyl (C=O) groups is 3. The summed E-state index contributed by atoms with van der Waals surface area (Å²) in [5.41, 5.74) is 1.23. The first-order chi connectivity index (χ1) is 16.0. The van der Waals surface area contributed by atoms with Gasteiger partial charge < -0.3 is 15.1 Å². The van der Waals surface area contributed by atoms with Crippen LogP contribution in [0.4, 0.5) is 0 Å². The Morgan fingerprint density at radius 3 is 2.52 bits per heavy atom. The number of Topliss-reactive ketones (excluding diaryl/α,β-unsaturated/α-hetero) is 1. The van der Waals surface area contributed by atoms with Gasteiger partial charge in [-0.3, -0.25) is 14.4 Å². The molecular weight excluding hydrogens is 414 g/mol. The first-order valence-corrected chi connectivity index (χ1v) is 12.8. The molecule has 2 heterocycles. The zero-order valence-corrected chi connectivity index (χ0v) is 20.2. The molecule has 0 spiro atoms. The number of ketones is 1. The molecule has 1 saturated carbocycles. The van der Waals surface area contributed by atoms with Crippen molar-refractivity contribution in [1.29, 1.82) is 0 Å². The third-order valence-electron chi connectivity index (χ3n) is 8.21. The maximum Gasteiger partial charge on any atom is 0.245 e. The Morgan fingerprint density at radius 1 is 1.09 bits per heavy atom. The molecule has 1 aromatic carbocycles. The molecule has 1 aromatic rings. The van der Waals surface area contributed by atoms with E-state index in [1.54, 1.807) is 7.05 Å². The summed E-state index contributed by atoms with van der Waals surface area (Å²) < 4.78 is 0. The number of hydrogen-bond donors (Lipinski definition) is 1. The second kappa shape index (κ2) is 10.8. The van der Waals surface area contributed by atoms with E-state index >= 15 is 0 Å². The van der Waals surface area contributed by atoms with Gasteiger partial charge in [0, 0.05) is 37.9 Å². The van der Waals surface area contributed by atoms with Crippen molar-refractivity contribution >= 4 is 17.6 Å². The van der Waals surface area contributed by atoms with E-state index in [9.17, 15) is 14.4 Å². The van der Waals surface area contributed by atoms with Gasteiger partial charge in [-0.25, -0.2) is 0 Å². The zero-order chi connectivity index (χ0) is 23.4. The van der Waals surface area contributed by atoms with Crippen LogP contribution in [0, 0.1) is 17.8 Å². The van der Waals surface area contributed by atoms with E-state index in [-0.39, 0.29) is 53.9 Å². The van der Waals surface area contributed by atoms with Crippen molar-refractivity contribution < 1.29 is 14.4 Å². The lowest BCUT2D eigenvalue weighted by Crippen LogP contribution is -2.48. The lowest BCUT2D eigenvalue weighted by molar-refractivity contribution is -0.146. The van der Waals surface area contributed by atoms with Gasteiger partial charge in [-0.15, -0.1) is 0 Å². The molecule has 0 radical (unpaired) electrons. The van der Waals surface area contributed by atoms with Crippen molar-refractivity contribution in [2.45, 2.75) is 70.4 Å². The van der Waals surface area contributed by atoms with Crippen molar-refractivity contribution in [3.63, 3.8) is 0 Å². The van der Waals surface area contributed by atoms with Crippen LogP contribution in [0.25, 0.3) is 0 Å². The highest BCUT2D eigenvalue weighted by Crippen LogP contribution is 2.38. The predicted octanol–water partition coefficient (Wildman–Crippen LogP) is 3.05. The minimum Gasteiger partial charge on any atom is -0.340 e. The summed E-state index contributed by atoms with van der Waals surface area (Å²) in [5, 5.41) is 3.02. The van der Waals surface area contributed by atoms with Gasteiger partial charge in [0.05, 0.1) is 6.04 Å². The SMILES string of the molecule is CN[C@@H](C)C(=O)C[C@H](C(=O)N1CC[C@H]2CN(CCc3ccccc3)C(=O)[C@H]21)C1CCCCC1. The fourth-order valence-electron chi connectivity index (χ4n) is 6.06. The van der Waals surface area contributed by atoms with Gasteiger partial charge >= 0.3 is 0 Å². The highest BCUT2D eigenvalue weighted by Gasteiger charge is 2.50. The molecule has 6 nitrogen and oxygen atoms in total. The van der Waals surface area contributed by atoms with Crippen molar-refractivity contribution in [2.24, 2.45) is 17.8 Å². The summed E-state index contributed by atoms with van der Waals surface area (Å²) in [6.45, 7) is 3.94. The summed E-state index contributed by atoms with van der Waals surface area (Å²) in [4.78, 5) is 43.8. The van der Waals surface area contributed by atoms with Crippen LogP contribution in [0.1, 0.15) is 57.4 Å². The first-order valence-electron chi connectivity index (χ1n) is 12.8. The maximum atomic E-state index is 13.8. The highest BCUT2D eigenvalue weighted by molar-refractivity contribution is 5.94. The van der Waals surface area contributed by atoms with Gasteiger partial charge in [0.15, 0.2) is 0 Å². The van der Waals surface area contributed by atoms with E-state index in [4.69, 9.17) is 0 Å². The third-order valence-corrected chi connectivity index (χ3v) is 8.21. The Bertz CT molecular complexity index is 836. The molecule has 4 atom stereocenters. The van der Waals surface area contributed by atoms with Gasteiger partial charge in [-0.05, 0) is 51.1 Å². The molecule has 6 heteroatoms. The summed E-state index contributed by atoms with van der Waals surface area (Å²) >= 11 is 0. The van der Waals surface area contributed by atoms with Crippen LogP contribution in [0.3, 0.4) is 0 Å². The smallest absolute Gasteiger partial charge is 0.245 e. The van der Waals surface area contributed by atoms with Gasteiger partial charge in [0.1, 0.15) is 11.8 Å². The quantitative estimate of drug-likeness (QED) is 0.624. The number of nitrogens with one attached hydrogen (secondary N) is 1. The number of fused-ring (bicyclic) bond motifs is 1. The molecule has 33 heavy (non-hydrogen) atoms. The van der Waals surface area contributed by atoms with E-state index in [1.165, 1.54) is 12.0 Å². The fraction of sp³-hybridized carbons (Fsp3) is 0.667. The number of likely N-dealkylation sites (tertiary alicyclic amines) is 2. The summed E-state index contributed by atoms with van der Waals surface area (Å²) in [5.74, 6) is 0.418. The molecule has 2 aliphatic heterocycles. The monoisotopic (exact) mass is 453 g/mol. The maximum absolute atomic E-state index is 13.8. The molecular formula is C27H39N3O3. The number of benzene rings is 1. The molecule has 0 aromatic heterocycles. The number of likely N-dealkylation sites (N-methyl/N-ethyl adjacent to an activating group) is 1. The lowest BCUT2D eigenvalue weighted by Gasteiger charge is -2.34. The largest absolute Gasteiger partial charge is 0.340 e. The third kappa shape index (κ3) is 5.32. The van der Waals surface area contributed by atoms with E-state index in [0.717, 1.165) is 45.1 Å². The molecule has 2 amide bonds. The Kier molecular flexibility index (Phi) is 7.84. The second-order valence-electron chi connectivity index (χ2n) is 10.2. The van der Waals surface area contributed by atoms with E-state index in [1.807, 2.05) is 34.9 Å². The zero-order valence-electron chi connectivity index (χ0n) is 20.2. The van der Waals surface area contributed by atoms with Gasteiger partial charge in [-0.1, -0.05) is 49.6 Å². The molecule has 180 valence electrons.